The van der Waals surface area contributed by atoms with Gasteiger partial charge in [0.15, 0.2) is 0 Å². The summed E-state index contributed by atoms with van der Waals surface area (Å²) >= 11 is 0. The zero-order valence-corrected chi connectivity index (χ0v) is 14.5. The molecule has 3 heteroatoms. The minimum Gasteiger partial charge on any atom is -0.276 e. The zero-order valence-electron chi connectivity index (χ0n) is 14.5. The van der Waals surface area contributed by atoms with Gasteiger partial charge in [-0.25, -0.2) is 0 Å². The van der Waals surface area contributed by atoms with E-state index in [1.54, 1.807) is 10.8 Å². The van der Waals surface area contributed by atoms with Gasteiger partial charge in [0.05, 0.1) is 16.4 Å². The van der Waals surface area contributed by atoms with E-state index >= 15 is 0 Å². The first-order valence-corrected chi connectivity index (χ1v) is 8.87. The highest BCUT2D eigenvalue weighted by molar-refractivity contribution is 6.03. The molecule has 0 fully saturated rings. The maximum atomic E-state index is 13.3. The molecule has 0 aliphatic rings. The molecule has 0 bridgehead atoms. The number of fused-ring (bicyclic) bond motifs is 3. The molecule has 128 valence electrons. The molecule has 0 atom stereocenters. The predicted octanol–water partition coefficient (Wildman–Crippen LogP) is 5.21. The number of aromatic nitrogens is 2. The third-order valence-electron chi connectivity index (χ3n) is 4.85. The van der Waals surface area contributed by atoms with E-state index in [1.807, 2.05) is 66.7 Å². The summed E-state index contributed by atoms with van der Waals surface area (Å²) in [5.41, 5.74) is 4.60. The molecule has 0 spiro atoms. The van der Waals surface area contributed by atoms with Crippen molar-refractivity contribution < 1.29 is 0 Å². The maximum Gasteiger partial charge on any atom is 0.265 e. The van der Waals surface area contributed by atoms with Crippen LogP contribution >= 0.6 is 0 Å². The Bertz CT molecular complexity index is 1340. The van der Waals surface area contributed by atoms with Crippen molar-refractivity contribution in [3.8, 4) is 16.8 Å². The number of rotatable bonds is 2. The highest BCUT2D eigenvalue weighted by atomic mass is 16.1. The van der Waals surface area contributed by atoms with Gasteiger partial charge in [0.2, 0.25) is 0 Å². The summed E-state index contributed by atoms with van der Waals surface area (Å²) in [4.78, 5) is 17.8. The van der Waals surface area contributed by atoms with Crippen LogP contribution in [-0.2, 0) is 0 Å². The first-order chi connectivity index (χ1) is 13.3. The number of hydrogen-bond donors (Lipinski definition) is 0. The van der Waals surface area contributed by atoms with Crippen molar-refractivity contribution in [2.24, 2.45) is 0 Å². The van der Waals surface area contributed by atoms with Crippen molar-refractivity contribution in [1.82, 2.24) is 9.55 Å². The minimum absolute atomic E-state index is 0.0537. The van der Waals surface area contributed by atoms with Crippen LogP contribution in [0.5, 0.6) is 0 Å². The Labute approximate surface area is 156 Å². The molecule has 0 aliphatic carbocycles. The number of pyridine rings is 2. The molecule has 0 unspecified atom stereocenters. The Morgan fingerprint density at radius 3 is 2.30 bits per heavy atom. The van der Waals surface area contributed by atoms with Crippen LogP contribution in [0.15, 0.2) is 102 Å². The summed E-state index contributed by atoms with van der Waals surface area (Å²) in [7, 11) is 0. The molecule has 5 rings (SSSR count). The number of benzene rings is 3. The summed E-state index contributed by atoms with van der Waals surface area (Å²) in [5.74, 6) is 0. The van der Waals surface area contributed by atoms with Gasteiger partial charge in [-0.3, -0.25) is 14.3 Å². The van der Waals surface area contributed by atoms with Crippen LogP contribution in [0.1, 0.15) is 0 Å². The maximum absolute atomic E-state index is 13.3. The van der Waals surface area contributed by atoms with Gasteiger partial charge in [0, 0.05) is 17.3 Å². The standard InChI is InChI=1S/C24H16N2O/c27-24-21-13-7-15-25-23(21)20-12-4-5-14-22(20)26(24)19-11-6-10-18(16-19)17-8-2-1-3-9-17/h1-16H. The third-order valence-corrected chi connectivity index (χ3v) is 4.85. The Kier molecular flexibility index (Phi) is 3.58. The molecular formula is C24H16N2O. The highest BCUT2D eigenvalue weighted by Crippen LogP contribution is 2.26. The zero-order chi connectivity index (χ0) is 18.2. The van der Waals surface area contributed by atoms with Gasteiger partial charge >= 0.3 is 0 Å². The average molecular weight is 348 g/mol. The second kappa shape index (κ2) is 6.22. The van der Waals surface area contributed by atoms with Crippen LogP contribution in [-0.4, -0.2) is 9.55 Å². The Morgan fingerprint density at radius 1 is 0.667 bits per heavy atom. The van der Waals surface area contributed by atoms with Gasteiger partial charge in [-0.1, -0.05) is 60.7 Å². The molecule has 0 saturated carbocycles. The number of hydrogen-bond acceptors (Lipinski definition) is 2. The lowest BCUT2D eigenvalue weighted by molar-refractivity contribution is 1.06. The SMILES string of the molecule is O=c1c2cccnc2c2ccccc2n1-c1cccc(-c2ccccc2)c1. The van der Waals surface area contributed by atoms with Gasteiger partial charge < -0.3 is 0 Å². The second-order valence-corrected chi connectivity index (χ2v) is 6.47. The van der Waals surface area contributed by atoms with E-state index in [0.29, 0.717) is 5.39 Å². The molecule has 2 heterocycles. The van der Waals surface area contributed by atoms with Crippen molar-refractivity contribution in [2.75, 3.05) is 0 Å². The van der Waals surface area contributed by atoms with Gasteiger partial charge in [-0.2, -0.15) is 0 Å². The van der Waals surface area contributed by atoms with Crippen LogP contribution < -0.4 is 5.56 Å². The summed E-state index contributed by atoms with van der Waals surface area (Å²) in [6.45, 7) is 0. The smallest absolute Gasteiger partial charge is 0.265 e. The van der Waals surface area contributed by atoms with Gasteiger partial charge in [-0.05, 0) is 41.5 Å². The molecule has 0 amide bonds. The molecule has 0 aliphatic heterocycles. The van der Waals surface area contributed by atoms with Crippen LogP contribution in [0.2, 0.25) is 0 Å². The van der Waals surface area contributed by atoms with Gasteiger partial charge in [0.25, 0.3) is 5.56 Å². The summed E-state index contributed by atoms with van der Waals surface area (Å²) in [5, 5.41) is 1.60. The third kappa shape index (κ3) is 2.52. The van der Waals surface area contributed by atoms with Crippen molar-refractivity contribution in [3.63, 3.8) is 0 Å². The van der Waals surface area contributed by atoms with Crippen molar-refractivity contribution in [2.45, 2.75) is 0 Å². The average Bonchev–Trinajstić information content (AvgIpc) is 2.75. The first kappa shape index (κ1) is 15.5. The molecule has 27 heavy (non-hydrogen) atoms. The molecule has 3 nitrogen and oxygen atoms in total. The highest BCUT2D eigenvalue weighted by Gasteiger charge is 2.13. The lowest BCUT2D eigenvalue weighted by atomic mass is 10.0. The summed E-state index contributed by atoms with van der Waals surface area (Å²) in [6.07, 6.45) is 1.73. The van der Waals surface area contributed by atoms with Gasteiger partial charge in [0.1, 0.15) is 0 Å². The lowest BCUT2D eigenvalue weighted by Gasteiger charge is -2.14. The van der Waals surface area contributed by atoms with Crippen LogP contribution in [0, 0.1) is 0 Å². The van der Waals surface area contributed by atoms with Crippen LogP contribution in [0.4, 0.5) is 0 Å². The van der Waals surface area contributed by atoms with Crippen molar-refractivity contribution in [3.05, 3.63) is 108 Å². The number of para-hydroxylation sites is 1. The largest absolute Gasteiger partial charge is 0.276 e. The van der Waals surface area contributed by atoms with Gasteiger partial charge in [-0.15, -0.1) is 0 Å². The van der Waals surface area contributed by atoms with E-state index in [4.69, 9.17) is 0 Å². The molecule has 0 N–H and O–H groups in total. The molecule has 3 aromatic carbocycles. The predicted molar refractivity (Wildman–Crippen MR) is 110 cm³/mol. The van der Waals surface area contributed by atoms with Crippen molar-refractivity contribution in [1.29, 1.82) is 0 Å². The van der Waals surface area contributed by atoms with Crippen LogP contribution in [0.25, 0.3) is 38.6 Å². The monoisotopic (exact) mass is 348 g/mol. The van der Waals surface area contributed by atoms with E-state index in [-0.39, 0.29) is 5.56 Å². The van der Waals surface area contributed by atoms with E-state index in [1.165, 1.54) is 0 Å². The Morgan fingerprint density at radius 2 is 1.41 bits per heavy atom. The first-order valence-electron chi connectivity index (χ1n) is 8.87. The lowest BCUT2D eigenvalue weighted by Crippen LogP contribution is -2.19. The molecule has 0 radical (unpaired) electrons. The number of nitrogens with zero attached hydrogens (tertiary/aromatic N) is 2. The topological polar surface area (TPSA) is 34.9 Å². The fraction of sp³-hybridized carbons (Fsp3) is 0. The second-order valence-electron chi connectivity index (χ2n) is 6.47. The van der Waals surface area contributed by atoms with Crippen molar-refractivity contribution >= 4 is 21.8 Å². The molecule has 5 aromatic rings. The quantitative estimate of drug-likeness (QED) is 0.411. The van der Waals surface area contributed by atoms with E-state index < -0.39 is 0 Å². The fourth-order valence-electron chi connectivity index (χ4n) is 3.60. The van der Waals surface area contributed by atoms with E-state index in [0.717, 1.165) is 33.2 Å². The van der Waals surface area contributed by atoms with E-state index in [9.17, 15) is 4.79 Å². The fourth-order valence-corrected chi connectivity index (χ4v) is 3.60. The molecular weight excluding hydrogens is 332 g/mol. The Hall–Kier alpha value is -3.72. The Balaban J connectivity index is 1.86. The minimum atomic E-state index is -0.0537. The normalized spacial score (nSPS) is 11.1. The van der Waals surface area contributed by atoms with E-state index in [2.05, 4.69) is 29.2 Å². The summed E-state index contributed by atoms with van der Waals surface area (Å²) < 4.78 is 1.78. The molecule has 2 aromatic heterocycles. The molecule has 0 saturated heterocycles. The van der Waals surface area contributed by atoms with Crippen LogP contribution in [0.3, 0.4) is 0 Å². The summed E-state index contributed by atoms with van der Waals surface area (Å²) in [6, 6.07) is 29.8.